The summed E-state index contributed by atoms with van der Waals surface area (Å²) in [6.45, 7) is 23.0. The van der Waals surface area contributed by atoms with Gasteiger partial charge in [-0.25, -0.2) is 9.59 Å². The Bertz CT molecular complexity index is 2820. The molecule has 1 saturated heterocycles. The van der Waals surface area contributed by atoms with E-state index in [4.69, 9.17) is 19.9 Å². The van der Waals surface area contributed by atoms with E-state index < -0.39 is 59.5 Å². The van der Waals surface area contributed by atoms with Crippen LogP contribution in [0.3, 0.4) is 0 Å². The molecule has 8 N–H and O–H groups in total. The molecule has 0 aliphatic carbocycles. The second-order valence-corrected chi connectivity index (χ2v) is 26.1. The number of alkyl carbamates (subject to hydrolysis) is 1. The molecule has 2 heterocycles. The molecule has 11 atom stereocenters. The molecule has 524 valence electrons. The lowest BCUT2D eigenvalue weighted by Crippen LogP contribution is -2.53. The molecule has 2 aliphatic rings. The highest BCUT2D eigenvalue weighted by Crippen LogP contribution is 2.30. The largest absolute Gasteiger partial charge is 0.445 e. The van der Waals surface area contributed by atoms with Crippen molar-refractivity contribution in [3.05, 3.63) is 77.9 Å². The number of aliphatic hydroxyl groups is 1. The molecule has 4 rings (SSSR count). The summed E-state index contributed by atoms with van der Waals surface area (Å²) in [4.78, 5) is 145. The number of methoxy groups -OCH3 is 2. The van der Waals surface area contributed by atoms with Gasteiger partial charge in [-0.15, -0.1) is 0 Å². The van der Waals surface area contributed by atoms with Crippen LogP contribution in [0.1, 0.15) is 177 Å². The van der Waals surface area contributed by atoms with Crippen LogP contribution in [-0.4, -0.2) is 168 Å². The number of nitrogens with one attached hydrogen (secondary N) is 5. The van der Waals surface area contributed by atoms with Crippen molar-refractivity contribution in [1.82, 2.24) is 36.0 Å². The van der Waals surface area contributed by atoms with E-state index in [1.165, 1.54) is 12.2 Å². The van der Waals surface area contributed by atoms with Crippen molar-refractivity contribution in [2.45, 2.75) is 215 Å². The summed E-state index contributed by atoms with van der Waals surface area (Å²) >= 11 is 0. The summed E-state index contributed by atoms with van der Waals surface area (Å²) in [5.74, 6) is -4.53. The van der Waals surface area contributed by atoms with E-state index in [0.717, 1.165) is 29.7 Å². The molecule has 10 amide bonds. The minimum absolute atomic E-state index is 0.0832. The van der Waals surface area contributed by atoms with Gasteiger partial charge in [-0.2, -0.15) is 0 Å². The minimum Gasteiger partial charge on any atom is -0.445 e. The van der Waals surface area contributed by atoms with Gasteiger partial charge in [0.1, 0.15) is 6.61 Å². The van der Waals surface area contributed by atoms with Gasteiger partial charge in [0.2, 0.25) is 29.5 Å². The molecule has 1 fully saturated rings. The van der Waals surface area contributed by atoms with Crippen molar-refractivity contribution in [2.24, 2.45) is 41.2 Å². The number of Topliss-reactive ketones (excluding diaryl/α,β-unsaturated/α-hetero) is 2. The number of benzene rings is 2. The van der Waals surface area contributed by atoms with Crippen molar-refractivity contribution in [1.29, 1.82) is 0 Å². The Labute approximate surface area is 556 Å². The molecule has 94 heavy (non-hydrogen) atoms. The number of likely N-dealkylation sites (tertiary alicyclic amines) is 1. The number of ether oxygens (including phenoxy) is 3. The predicted molar refractivity (Wildman–Crippen MR) is 358 cm³/mol. The number of anilines is 1. The average molecular weight is 1320 g/mol. The second-order valence-electron chi connectivity index (χ2n) is 26.1. The number of urea groups is 1. The van der Waals surface area contributed by atoms with Gasteiger partial charge in [0.25, 0.3) is 11.8 Å². The van der Waals surface area contributed by atoms with Crippen molar-refractivity contribution < 1.29 is 72.1 Å². The van der Waals surface area contributed by atoms with Gasteiger partial charge in [0.05, 0.1) is 53.9 Å². The fourth-order valence-electron chi connectivity index (χ4n) is 11.8. The SMILES string of the molecule is CCC(=O)N1CCC[C@H]1[C@H](OC)[C@@H](C)C(=O)N[C@H](C)[C@@H](O)c1ccccc1.CC[C@H](C)[C@@H]([C@@H](C)OC)N(C)C(=O)[C@@H](CC(=O)C(C)(C)NC(=O)OCc1ccc(NC(=O)[C@H](CCCNC(N)=O)CC(=O)[C@@H](NC(=O)CCCCCN2C(=O)C=CC2=O)C(C)C)cc1)C(C)C. The number of carbonyl (C=O) groups is 11. The van der Waals surface area contributed by atoms with E-state index in [9.17, 15) is 57.8 Å². The Kier molecular flexibility index (Phi) is 34.3. The number of nitrogens with zero attached hydrogens (tertiary/aromatic N) is 3. The Morgan fingerprint density at radius 2 is 1.43 bits per heavy atom. The Morgan fingerprint density at radius 1 is 0.787 bits per heavy atom. The summed E-state index contributed by atoms with van der Waals surface area (Å²) in [5.41, 5.74) is 5.62. The van der Waals surface area contributed by atoms with Crippen LogP contribution >= 0.6 is 0 Å². The summed E-state index contributed by atoms with van der Waals surface area (Å²) in [7, 11) is 4.95. The normalized spacial score (nSPS) is 17.1. The van der Waals surface area contributed by atoms with Gasteiger partial charge in [0, 0.05) is 96.3 Å². The number of likely N-dealkylation sites (N-methyl/N-ethyl adjacent to an activating group) is 1. The molecule has 0 radical (unpaired) electrons. The number of carbonyl (C=O) groups excluding carboxylic acids is 11. The minimum atomic E-state index is -1.35. The number of hydrogen-bond acceptors (Lipinski definition) is 15. The van der Waals surface area contributed by atoms with E-state index in [0.29, 0.717) is 49.9 Å². The third kappa shape index (κ3) is 25.3. The first-order valence-electron chi connectivity index (χ1n) is 33.3. The van der Waals surface area contributed by atoms with E-state index in [-0.39, 0.29) is 134 Å². The van der Waals surface area contributed by atoms with Crippen molar-refractivity contribution in [2.75, 3.05) is 46.2 Å². The number of nitrogens with two attached hydrogens (primary N) is 1. The third-order valence-corrected chi connectivity index (χ3v) is 17.9. The molecule has 0 spiro atoms. The summed E-state index contributed by atoms with van der Waals surface area (Å²) < 4.78 is 16.7. The molecule has 0 unspecified atom stereocenters. The molecule has 24 heteroatoms. The molecule has 0 bridgehead atoms. The topological polar surface area (TPSA) is 332 Å². The number of amides is 10. The number of ketones is 2. The van der Waals surface area contributed by atoms with E-state index in [1.807, 2.05) is 69.9 Å². The fraction of sp³-hybridized carbons (Fsp3) is 0.643. The van der Waals surface area contributed by atoms with Gasteiger partial charge < -0.3 is 61.4 Å². The highest BCUT2D eigenvalue weighted by Gasteiger charge is 2.41. The first kappa shape index (κ1) is 80.7. The zero-order chi connectivity index (χ0) is 70.6. The highest BCUT2D eigenvalue weighted by atomic mass is 16.5. The molecule has 2 aromatic carbocycles. The van der Waals surface area contributed by atoms with Gasteiger partial charge in [-0.05, 0) is 107 Å². The maximum atomic E-state index is 13.8. The number of aliphatic hydroxyl groups excluding tert-OH is 1. The molecule has 2 aromatic rings. The van der Waals surface area contributed by atoms with E-state index in [1.54, 1.807) is 85.1 Å². The average Bonchev–Trinajstić information content (AvgIpc) is 1.32. The predicted octanol–water partition coefficient (Wildman–Crippen LogP) is 7.70. The maximum absolute atomic E-state index is 13.8. The molecule has 0 aromatic heterocycles. The summed E-state index contributed by atoms with van der Waals surface area (Å²) in [6.07, 6.45) is 5.37. The highest BCUT2D eigenvalue weighted by molar-refractivity contribution is 6.12. The number of imide groups is 1. The van der Waals surface area contributed by atoms with Gasteiger partial charge in [-0.1, -0.05) is 111 Å². The van der Waals surface area contributed by atoms with Crippen molar-refractivity contribution in [3.8, 4) is 0 Å². The Balaban J connectivity index is 0.000000705. The van der Waals surface area contributed by atoms with Crippen LogP contribution in [-0.2, 0) is 64.0 Å². The molecule has 2 aliphatic heterocycles. The smallest absolute Gasteiger partial charge is 0.408 e. The maximum Gasteiger partial charge on any atom is 0.408 e. The van der Waals surface area contributed by atoms with Gasteiger partial charge in [0.15, 0.2) is 11.6 Å². The van der Waals surface area contributed by atoms with Crippen molar-refractivity contribution in [3.63, 3.8) is 0 Å². The van der Waals surface area contributed by atoms with Crippen LogP contribution in [0.25, 0.3) is 0 Å². The lowest BCUT2D eigenvalue weighted by atomic mass is 9.83. The summed E-state index contributed by atoms with van der Waals surface area (Å²) in [5, 5.41) is 24.2. The lowest BCUT2D eigenvalue weighted by molar-refractivity contribution is -0.145. The summed E-state index contributed by atoms with van der Waals surface area (Å²) in [6, 6.07) is 13.5. The van der Waals surface area contributed by atoms with Crippen LogP contribution in [0.5, 0.6) is 0 Å². The Morgan fingerprint density at radius 3 is 1.99 bits per heavy atom. The van der Waals surface area contributed by atoms with E-state index in [2.05, 4.69) is 40.4 Å². The van der Waals surface area contributed by atoms with Crippen molar-refractivity contribution >= 4 is 70.7 Å². The number of primary amides is 1. The number of unbranched alkanes of at least 4 members (excludes halogenated alkanes) is 2. The van der Waals surface area contributed by atoms with Crippen LogP contribution in [0.4, 0.5) is 15.3 Å². The molecular weight excluding hydrogens is 1210 g/mol. The number of hydrogen-bond donors (Lipinski definition) is 7. The quantitative estimate of drug-likeness (QED) is 0.0250. The molecule has 24 nitrogen and oxygen atoms in total. The monoisotopic (exact) mass is 1320 g/mol. The first-order valence-corrected chi connectivity index (χ1v) is 33.3. The first-order chi connectivity index (χ1) is 44.3. The van der Waals surface area contributed by atoms with Crippen LogP contribution in [0.15, 0.2) is 66.7 Å². The fourth-order valence-corrected chi connectivity index (χ4v) is 11.8. The Hall–Kier alpha value is -7.57. The molecule has 0 saturated carbocycles. The number of rotatable bonds is 38. The second kappa shape index (κ2) is 40.0. The zero-order valence-electron chi connectivity index (χ0n) is 58.3. The zero-order valence-corrected chi connectivity index (χ0v) is 58.3. The lowest BCUT2D eigenvalue weighted by Gasteiger charge is -2.39. The van der Waals surface area contributed by atoms with Crippen LogP contribution in [0.2, 0.25) is 0 Å². The van der Waals surface area contributed by atoms with E-state index >= 15 is 0 Å². The van der Waals surface area contributed by atoms with Gasteiger partial charge >= 0.3 is 12.1 Å². The van der Waals surface area contributed by atoms with Crippen LogP contribution in [0, 0.1) is 35.5 Å². The third-order valence-electron chi connectivity index (χ3n) is 17.9. The van der Waals surface area contributed by atoms with Gasteiger partial charge in [-0.3, -0.25) is 48.1 Å². The molecular formula is C70H109N9O15. The standard InChI is InChI=1S/C49H77N7O11.C21H32N2O4/c1-12-32(6)44(33(7)66-11)55(10)46(63)37(30(2)3)28-39(58)49(8,9)54-48(65)67-29-34-19-21-36(22-20-34)52-45(62)35(17-16-25-51-47(50)64)27-38(57)43(31(4)5)53-40(59)18-14-13-15-26-56-41(60)23-24-42(56)61;1-5-18(24)23-13-9-12-17(23)20(27-4)14(2)21(26)22-15(3)19(25)16-10-7-6-8-11-16/h19-24,30-33,35,37,43-44H,12-18,25-29H2,1-11H3,(H,52,62)(H,53,59)(H,54,65)(H3,50,51,64);6-8,10-11,14-15,17,19-20,25H,5,9,12-13H2,1-4H3,(H,22,26)/t32-,33+,35+,37-,43-,44-;14-,15-,17+,19-,20-/m01/s1. The van der Waals surface area contributed by atoms with Crippen LogP contribution < -0.4 is 32.3 Å².